The van der Waals surface area contributed by atoms with Crippen molar-refractivity contribution in [2.24, 2.45) is 5.92 Å². The van der Waals surface area contributed by atoms with Crippen molar-refractivity contribution < 1.29 is 0 Å². The van der Waals surface area contributed by atoms with Crippen molar-refractivity contribution in [2.75, 3.05) is 19.6 Å². The number of likely N-dealkylation sites (tertiary alicyclic amines) is 1. The minimum absolute atomic E-state index is 0.162. The summed E-state index contributed by atoms with van der Waals surface area (Å²) in [6.07, 6.45) is 5.68. The highest BCUT2D eigenvalue weighted by atomic mass is 16.1. The van der Waals surface area contributed by atoms with Crippen LogP contribution in [0, 0.1) is 5.92 Å². The van der Waals surface area contributed by atoms with Crippen molar-refractivity contribution in [1.82, 2.24) is 9.47 Å². The van der Waals surface area contributed by atoms with Crippen LogP contribution in [0.4, 0.5) is 0 Å². The fourth-order valence-corrected chi connectivity index (χ4v) is 4.05. The summed E-state index contributed by atoms with van der Waals surface area (Å²) < 4.78 is 2.00. The molecule has 118 valence electrons. The van der Waals surface area contributed by atoms with Gasteiger partial charge in [0.2, 0.25) is 0 Å². The summed E-state index contributed by atoms with van der Waals surface area (Å²) in [6, 6.07) is 16.2. The molecular weight excluding hydrogens is 284 g/mol. The molecule has 23 heavy (non-hydrogen) atoms. The summed E-state index contributed by atoms with van der Waals surface area (Å²) in [6.45, 7) is 4.01. The zero-order valence-corrected chi connectivity index (χ0v) is 13.3. The van der Waals surface area contributed by atoms with Gasteiger partial charge in [0, 0.05) is 43.9 Å². The Morgan fingerprint density at radius 3 is 2.74 bits per heavy atom. The molecule has 3 nitrogen and oxygen atoms in total. The van der Waals surface area contributed by atoms with Gasteiger partial charge in [0.25, 0.3) is 5.56 Å². The third kappa shape index (κ3) is 3.02. The number of hydrogen-bond donors (Lipinski definition) is 0. The zero-order chi connectivity index (χ0) is 15.6. The predicted octanol–water partition coefficient (Wildman–Crippen LogP) is 2.98. The first-order valence-electron chi connectivity index (χ1n) is 8.43. The Hall–Kier alpha value is -2.13. The SMILES string of the molecule is O=c1cccc2n1CC1CC2CN(C/C=C/c2ccccc2)C1. The quantitative estimate of drug-likeness (QED) is 0.871. The maximum absolute atomic E-state index is 12.0. The summed E-state index contributed by atoms with van der Waals surface area (Å²) in [4.78, 5) is 14.6. The van der Waals surface area contributed by atoms with Gasteiger partial charge < -0.3 is 4.57 Å². The van der Waals surface area contributed by atoms with E-state index < -0.39 is 0 Å². The molecule has 0 spiro atoms. The third-order valence-corrected chi connectivity index (χ3v) is 5.03. The van der Waals surface area contributed by atoms with Gasteiger partial charge in [0.1, 0.15) is 0 Å². The number of pyridine rings is 1. The van der Waals surface area contributed by atoms with Crippen LogP contribution >= 0.6 is 0 Å². The standard InChI is InChI=1S/C20H22N2O/c23-20-10-4-9-19-18-12-17(14-22(19)20)13-21(15-18)11-5-8-16-6-2-1-3-7-16/h1-10,17-18H,11-15H2/b8-5+. The van der Waals surface area contributed by atoms with E-state index in [0.717, 1.165) is 26.2 Å². The number of fused-ring (bicyclic) bond motifs is 4. The van der Waals surface area contributed by atoms with E-state index in [0.29, 0.717) is 11.8 Å². The second-order valence-corrected chi connectivity index (χ2v) is 6.73. The van der Waals surface area contributed by atoms with E-state index in [9.17, 15) is 4.79 Å². The zero-order valence-electron chi connectivity index (χ0n) is 13.3. The summed E-state index contributed by atoms with van der Waals surface area (Å²) >= 11 is 0. The van der Waals surface area contributed by atoms with Crippen LogP contribution in [0.5, 0.6) is 0 Å². The molecule has 1 saturated heterocycles. The van der Waals surface area contributed by atoms with Gasteiger partial charge >= 0.3 is 0 Å². The van der Waals surface area contributed by atoms with Gasteiger partial charge in [-0.3, -0.25) is 9.69 Å². The lowest BCUT2D eigenvalue weighted by atomic mass is 9.83. The molecule has 2 atom stereocenters. The van der Waals surface area contributed by atoms with E-state index in [1.54, 1.807) is 6.07 Å². The van der Waals surface area contributed by atoms with Crippen molar-refractivity contribution in [3.8, 4) is 0 Å². The lowest BCUT2D eigenvalue weighted by Gasteiger charge is -2.42. The molecule has 4 rings (SSSR count). The minimum atomic E-state index is 0.162. The van der Waals surface area contributed by atoms with Gasteiger partial charge in [-0.05, 0) is 24.0 Å². The molecule has 2 unspecified atom stereocenters. The van der Waals surface area contributed by atoms with Gasteiger partial charge in [0.05, 0.1) is 0 Å². The van der Waals surface area contributed by atoms with Crippen LogP contribution in [0.2, 0.25) is 0 Å². The third-order valence-electron chi connectivity index (χ3n) is 5.03. The molecule has 0 amide bonds. The Labute approximate surface area is 136 Å². The van der Waals surface area contributed by atoms with Crippen LogP contribution in [-0.2, 0) is 6.54 Å². The van der Waals surface area contributed by atoms with E-state index >= 15 is 0 Å². The maximum atomic E-state index is 12.0. The largest absolute Gasteiger partial charge is 0.312 e. The normalized spacial score (nSPS) is 23.8. The number of rotatable bonds is 3. The Bertz CT molecular complexity index is 763. The highest BCUT2D eigenvalue weighted by molar-refractivity contribution is 5.48. The Morgan fingerprint density at radius 2 is 1.87 bits per heavy atom. The molecule has 2 aliphatic heterocycles. The molecule has 2 bridgehead atoms. The van der Waals surface area contributed by atoms with Crippen molar-refractivity contribution >= 4 is 6.08 Å². The smallest absolute Gasteiger partial charge is 0.250 e. The first-order chi connectivity index (χ1) is 11.3. The average Bonchev–Trinajstić information content (AvgIpc) is 2.57. The molecule has 0 radical (unpaired) electrons. The number of benzene rings is 1. The van der Waals surface area contributed by atoms with Crippen LogP contribution < -0.4 is 5.56 Å². The van der Waals surface area contributed by atoms with E-state index in [1.807, 2.05) is 16.7 Å². The Balaban J connectivity index is 1.46. The van der Waals surface area contributed by atoms with Gasteiger partial charge in [-0.25, -0.2) is 0 Å². The van der Waals surface area contributed by atoms with Crippen LogP contribution in [0.1, 0.15) is 23.6 Å². The van der Waals surface area contributed by atoms with Crippen LogP contribution in [0.3, 0.4) is 0 Å². The van der Waals surface area contributed by atoms with Crippen molar-refractivity contribution in [2.45, 2.75) is 18.9 Å². The minimum Gasteiger partial charge on any atom is -0.312 e. The molecule has 1 aromatic carbocycles. The molecule has 2 aromatic rings. The highest BCUT2D eigenvalue weighted by Gasteiger charge is 2.33. The molecule has 2 aliphatic rings. The van der Waals surface area contributed by atoms with Crippen molar-refractivity contribution in [1.29, 1.82) is 0 Å². The van der Waals surface area contributed by atoms with Crippen molar-refractivity contribution in [3.63, 3.8) is 0 Å². The summed E-state index contributed by atoms with van der Waals surface area (Å²) in [5, 5.41) is 0. The van der Waals surface area contributed by atoms with E-state index in [-0.39, 0.29) is 5.56 Å². The molecular formula is C20H22N2O. The second kappa shape index (κ2) is 6.17. The molecule has 0 saturated carbocycles. The van der Waals surface area contributed by atoms with E-state index in [2.05, 4.69) is 47.4 Å². The number of aromatic nitrogens is 1. The number of hydrogen-bond acceptors (Lipinski definition) is 2. The summed E-state index contributed by atoms with van der Waals surface area (Å²) in [7, 11) is 0. The lowest BCUT2D eigenvalue weighted by molar-refractivity contribution is 0.131. The van der Waals surface area contributed by atoms with E-state index in [1.165, 1.54) is 17.7 Å². The topological polar surface area (TPSA) is 25.2 Å². The first-order valence-corrected chi connectivity index (χ1v) is 8.43. The Kier molecular flexibility index (Phi) is 3.88. The average molecular weight is 306 g/mol. The fraction of sp³-hybridized carbons (Fsp3) is 0.350. The van der Waals surface area contributed by atoms with E-state index in [4.69, 9.17) is 0 Å². The first kappa shape index (κ1) is 14.5. The molecule has 3 heteroatoms. The summed E-state index contributed by atoms with van der Waals surface area (Å²) in [5.41, 5.74) is 2.64. The van der Waals surface area contributed by atoms with Crippen LogP contribution in [0.15, 0.2) is 59.4 Å². The molecule has 1 fully saturated rings. The number of nitrogens with zero attached hydrogens (tertiary/aromatic N) is 2. The lowest BCUT2D eigenvalue weighted by Crippen LogP contribution is -2.46. The molecule has 0 aliphatic carbocycles. The van der Waals surface area contributed by atoms with Gasteiger partial charge in [-0.2, -0.15) is 0 Å². The van der Waals surface area contributed by atoms with Gasteiger partial charge in [-0.1, -0.05) is 48.6 Å². The molecule has 3 heterocycles. The highest BCUT2D eigenvalue weighted by Crippen LogP contribution is 2.34. The van der Waals surface area contributed by atoms with Crippen LogP contribution in [-0.4, -0.2) is 29.1 Å². The van der Waals surface area contributed by atoms with Crippen molar-refractivity contribution in [3.05, 3.63) is 76.2 Å². The second-order valence-electron chi connectivity index (χ2n) is 6.73. The number of piperidine rings is 1. The maximum Gasteiger partial charge on any atom is 0.250 e. The Morgan fingerprint density at radius 1 is 1.00 bits per heavy atom. The predicted molar refractivity (Wildman–Crippen MR) is 93.5 cm³/mol. The van der Waals surface area contributed by atoms with Crippen LogP contribution in [0.25, 0.3) is 6.08 Å². The molecule has 1 aromatic heterocycles. The fourth-order valence-electron chi connectivity index (χ4n) is 4.05. The monoisotopic (exact) mass is 306 g/mol. The van der Waals surface area contributed by atoms with Gasteiger partial charge in [-0.15, -0.1) is 0 Å². The van der Waals surface area contributed by atoms with Gasteiger partial charge in [0.15, 0.2) is 0 Å². The summed E-state index contributed by atoms with van der Waals surface area (Å²) in [5.74, 6) is 1.10. The molecule has 0 N–H and O–H groups in total.